The normalized spacial score (nSPS) is 25.3. The van der Waals surface area contributed by atoms with Gasteiger partial charge in [0.1, 0.15) is 6.10 Å². The number of aromatic amines is 1. The summed E-state index contributed by atoms with van der Waals surface area (Å²) >= 11 is 0. The van der Waals surface area contributed by atoms with E-state index in [1.54, 1.807) is 0 Å². The highest BCUT2D eigenvalue weighted by Gasteiger charge is 2.47. The Morgan fingerprint density at radius 1 is 1.37 bits per heavy atom. The minimum absolute atomic E-state index is 0.0675. The van der Waals surface area contributed by atoms with Crippen LogP contribution < -0.4 is 5.32 Å². The van der Waals surface area contributed by atoms with Gasteiger partial charge >= 0.3 is 0 Å². The second-order valence-electron chi connectivity index (χ2n) is 8.13. The molecule has 2 fully saturated rings. The van der Waals surface area contributed by atoms with Gasteiger partial charge in [0.2, 0.25) is 0 Å². The quantitative estimate of drug-likeness (QED) is 0.775. The summed E-state index contributed by atoms with van der Waals surface area (Å²) in [6.45, 7) is 9.85. The van der Waals surface area contributed by atoms with Crippen LogP contribution >= 0.6 is 0 Å². The summed E-state index contributed by atoms with van der Waals surface area (Å²) in [5, 5.41) is 3.25. The Morgan fingerprint density at radius 2 is 2.19 bits per heavy atom. The van der Waals surface area contributed by atoms with Crippen LogP contribution in [0.2, 0.25) is 0 Å². The van der Waals surface area contributed by atoms with Gasteiger partial charge in [-0.2, -0.15) is 0 Å². The molecule has 1 aromatic rings. The van der Waals surface area contributed by atoms with E-state index in [0.29, 0.717) is 13.2 Å². The Balaban J connectivity index is 1.51. The molecule has 27 heavy (non-hydrogen) atoms. The molecule has 4 heterocycles. The van der Waals surface area contributed by atoms with Crippen molar-refractivity contribution in [3.63, 3.8) is 0 Å². The average Bonchev–Trinajstić information content (AvgIpc) is 3.18. The van der Waals surface area contributed by atoms with E-state index in [-0.39, 0.29) is 17.6 Å². The first-order valence-electron chi connectivity index (χ1n) is 10.1. The number of piperidine rings is 1. The lowest BCUT2D eigenvalue weighted by Gasteiger charge is -2.50. The highest BCUT2D eigenvalue weighted by Crippen LogP contribution is 2.42. The summed E-state index contributed by atoms with van der Waals surface area (Å²) in [6, 6.07) is 0. The van der Waals surface area contributed by atoms with Crippen molar-refractivity contribution in [3.8, 4) is 0 Å². The molecule has 1 spiro atoms. The summed E-state index contributed by atoms with van der Waals surface area (Å²) in [4.78, 5) is 25.4. The number of hydrogen-bond acceptors (Lipinski definition) is 5. The topological polar surface area (TPSA) is 73.5 Å². The van der Waals surface area contributed by atoms with Crippen LogP contribution in [0.25, 0.3) is 0 Å². The lowest BCUT2D eigenvalue weighted by Crippen LogP contribution is -2.59. The lowest BCUT2D eigenvalue weighted by atomic mass is 9.78. The van der Waals surface area contributed by atoms with Crippen LogP contribution in [-0.2, 0) is 21.5 Å². The van der Waals surface area contributed by atoms with Crippen molar-refractivity contribution in [2.24, 2.45) is 0 Å². The third kappa shape index (κ3) is 3.56. The minimum Gasteiger partial charge on any atom is -0.366 e. The summed E-state index contributed by atoms with van der Waals surface area (Å²) in [6.07, 6.45) is 6.66. The number of nitrogens with one attached hydrogen (secondary N) is 2. The van der Waals surface area contributed by atoms with Gasteiger partial charge in [-0.1, -0.05) is 11.6 Å². The van der Waals surface area contributed by atoms with Crippen molar-refractivity contribution in [1.29, 1.82) is 0 Å². The Labute approximate surface area is 161 Å². The number of rotatable bonds is 3. The second kappa shape index (κ2) is 7.73. The van der Waals surface area contributed by atoms with Gasteiger partial charge in [0.05, 0.1) is 24.2 Å². The number of aromatic nitrogens is 2. The van der Waals surface area contributed by atoms with Gasteiger partial charge < -0.3 is 19.9 Å². The predicted molar refractivity (Wildman–Crippen MR) is 103 cm³/mol. The van der Waals surface area contributed by atoms with E-state index in [0.717, 1.165) is 52.0 Å². The molecule has 2 N–H and O–H groups in total. The Morgan fingerprint density at radius 3 is 2.89 bits per heavy atom. The van der Waals surface area contributed by atoms with Crippen molar-refractivity contribution >= 4 is 5.91 Å². The molecule has 3 aliphatic heterocycles. The van der Waals surface area contributed by atoms with E-state index in [4.69, 9.17) is 9.72 Å². The third-order valence-corrected chi connectivity index (χ3v) is 6.22. The number of H-pyrrole nitrogens is 1. The molecule has 1 aromatic heterocycles. The molecule has 0 aromatic carbocycles. The van der Waals surface area contributed by atoms with E-state index in [1.807, 2.05) is 11.2 Å². The van der Waals surface area contributed by atoms with E-state index in [9.17, 15) is 4.79 Å². The van der Waals surface area contributed by atoms with E-state index >= 15 is 0 Å². The van der Waals surface area contributed by atoms with E-state index < -0.39 is 0 Å². The number of ether oxygens (including phenoxy) is 1. The fraction of sp³-hybridized carbons (Fsp3) is 0.700. The maximum atomic E-state index is 12.8. The number of fused-ring (bicyclic) bond motifs is 2. The average molecular weight is 374 g/mol. The standard InChI is InChI=1S/C20H31N5O2/c1-15(2)3-8-25-9-4-16-18(23-14-22-16)20(25)5-10-24(11-6-20)19(26)17-13-21-7-12-27-17/h3,14,17,21H,4-13H2,1-2H3,(H,22,23). The van der Waals surface area contributed by atoms with Crippen molar-refractivity contribution in [2.75, 3.05) is 45.9 Å². The first-order valence-corrected chi connectivity index (χ1v) is 10.1. The van der Waals surface area contributed by atoms with Crippen molar-refractivity contribution in [2.45, 2.75) is 44.8 Å². The SMILES string of the molecule is CC(C)=CCN1CCc2[nH]cnc2C12CCN(C(=O)C1CNCCO1)CC2. The van der Waals surface area contributed by atoms with E-state index in [1.165, 1.54) is 17.0 Å². The Kier molecular flexibility index (Phi) is 5.34. The van der Waals surface area contributed by atoms with Gasteiger partial charge in [0.15, 0.2) is 0 Å². The second-order valence-corrected chi connectivity index (χ2v) is 8.13. The van der Waals surface area contributed by atoms with Crippen molar-refractivity contribution < 1.29 is 9.53 Å². The predicted octanol–water partition coefficient (Wildman–Crippen LogP) is 1.04. The van der Waals surface area contributed by atoms with Crippen molar-refractivity contribution in [1.82, 2.24) is 25.1 Å². The largest absolute Gasteiger partial charge is 0.366 e. The van der Waals surface area contributed by atoms with Crippen LogP contribution in [0.15, 0.2) is 18.0 Å². The van der Waals surface area contributed by atoms with E-state index in [2.05, 4.69) is 35.1 Å². The zero-order valence-corrected chi connectivity index (χ0v) is 16.5. The molecule has 1 unspecified atom stereocenters. The van der Waals surface area contributed by atoms with Gasteiger partial charge in [-0.05, 0) is 26.7 Å². The Hall–Kier alpha value is -1.70. The van der Waals surface area contributed by atoms with Crippen LogP contribution in [-0.4, -0.2) is 77.7 Å². The molecule has 3 aliphatic rings. The van der Waals surface area contributed by atoms with Crippen LogP contribution in [0.4, 0.5) is 0 Å². The van der Waals surface area contributed by atoms with Crippen LogP contribution in [0, 0.1) is 0 Å². The summed E-state index contributed by atoms with van der Waals surface area (Å²) in [7, 11) is 0. The fourth-order valence-electron chi connectivity index (χ4n) is 4.66. The molecular formula is C20H31N5O2. The molecule has 1 amide bonds. The molecular weight excluding hydrogens is 342 g/mol. The van der Waals surface area contributed by atoms with Crippen LogP contribution in [0.1, 0.15) is 38.1 Å². The number of hydrogen-bond donors (Lipinski definition) is 2. The highest BCUT2D eigenvalue weighted by atomic mass is 16.5. The van der Waals surface area contributed by atoms with Gasteiger partial charge in [-0.25, -0.2) is 4.98 Å². The van der Waals surface area contributed by atoms with Gasteiger partial charge in [0.25, 0.3) is 5.91 Å². The molecule has 7 nitrogen and oxygen atoms in total. The molecule has 2 saturated heterocycles. The third-order valence-electron chi connectivity index (χ3n) is 6.22. The number of amides is 1. The number of carbonyl (C=O) groups is 1. The zero-order valence-electron chi connectivity index (χ0n) is 16.5. The van der Waals surface area contributed by atoms with Gasteiger partial charge in [-0.15, -0.1) is 0 Å². The summed E-state index contributed by atoms with van der Waals surface area (Å²) < 4.78 is 5.67. The zero-order chi connectivity index (χ0) is 18.9. The monoisotopic (exact) mass is 373 g/mol. The smallest absolute Gasteiger partial charge is 0.253 e. The lowest BCUT2D eigenvalue weighted by molar-refractivity contribution is -0.148. The fourth-order valence-corrected chi connectivity index (χ4v) is 4.66. The van der Waals surface area contributed by atoms with Crippen LogP contribution in [0.3, 0.4) is 0 Å². The first-order chi connectivity index (χ1) is 13.1. The highest BCUT2D eigenvalue weighted by molar-refractivity contribution is 5.81. The van der Waals surface area contributed by atoms with Crippen molar-refractivity contribution in [3.05, 3.63) is 29.4 Å². The number of nitrogens with zero attached hydrogens (tertiary/aromatic N) is 3. The summed E-state index contributed by atoms with van der Waals surface area (Å²) in [5.41, 5.74) is 3.73. The minimum atomic E-state index is -0.332. The Bertz CT molecular complexity index is 695. The molecule has 7 heteroatoms. The molecule has 0 bridgehead atoms. The number of carbonyl (C=O) groups excluding carboxylic acids is 1. The summed E-state index contributed by atoms with van der Waals surface area (Å²) in [5.74, 6) is 0.131. The number of likely N-dealkylation sites (tertiary alicyclic amines) is 1. The number of allylic oxidation sites excluding steroid dienone is 1. The number of imidazole rings is 1. The molecule has 0 aliphatic carbocycles. The maximum Gasteiger partial charge on any atom is 0.253 e. The maximum absolute atomic E-state index is 12.8. The molecule has 1 atom stereocenters. The van der Waals surface area contributed by atoms with Crippen LogP contribution in [0.5, 0.6) is 0 Å². The van der Waals surface area contributed by atoms with Gasteiger partial charge in [-0.3, -0.25) is 9.69 Å². The molecule has 148 valence electrons. The first kappa shape index (κ1) is 18.7. The molecule has 4 rings (SSSR count). The molecule has 0 radical (unpaired) electrons. The van der Waals surface area contributed by atoms with Gasteiger partial charge in [0, 0.05) is 51.4 Å². The number of morpholine rings is 1. The molecule has 0 saturated carbocycles.